The molecule has 0 saturated heterocycles. The second kappa shape index (κ2) is 12.8. The van der Waals surface area contributed by atoms with E-state index < -0.39 is 18.0 Å². The van der Waals surface area contributed by atoms with Crippen molar-refractivity contribution in [1.82, 2.24) is 4.57 Å². The molecule has 10 heteroatoms. The second-order valence-corrected chi connectivity index (χ2v) is 10.1. The van der Waals surface area contributed by atoms with Crippen molar-refractivity contribution in [3.05, 3.63) is 59.1 Å². The Balaban J connectivity index is 1.16. The molecule has 0 unspecified atom stereocenters. The van der Waals surface area contributed by atoms with Gasteiger partial charge in [-0.15, -0.1) is 11.3 Å². The summed E-state index contributed by atoms with van der Waals surface area (Å²) in [6.07, 6.45) is 2.42. The Hall–Kier alpha value is -3.89. The van der Waals surface area contributed by atoms with Crippen molar-refractivity contribution in [2.45, 2.75) is 31.7 Å². The largest absolute Gasteiger partial charge is 0.493 e. The van der Waals surface area contributed by atoms with Gasteiger partial charge in [0.2, 0.25) is 0 Å². The number of esters is 2. The summed E-state index contributed by atoms with van der Waals surface area (Å²) in [4.78, 5) is 37.6. The molecule has 2 aromatic heterocycles. The molecular weight excluding hydrogens is 520 g/mol. The van der Waals surface area contributed by atoms with Crippen molar-refractivity contribution in [2.75, 3.05) is 27.4 Å². The van der Waals surface area contributed by atoms with Crippen LogP contribution in [0.1, 0.15) is 35.9 Å². The van der Waals surface area contributed by atoms with Crippen LogP contribution in [0.2, 0.25) is 0 Å². The Morgan fingerprint density at radius 3 is 2.54 bits per heavy atom. The van der Waals surface area contributed by atoms with Crippen LogP contribution in [0.3, 0.4) is 0 Å². The van der Waals surface area contributed by atoms with Gasteiger partial charge in [-0.1, -0.05) is 18.2 Å². The van der Waals surface area contributed by atoms with Crippen LogP contribution in [0.4, 0.5) is 0 Å². The smallest absolute Gasteiger partial charge is 0.323 e. The lowest BCUT2D eigenvalue weighted by Gasteiger charge is -2.11. The first-order valence-electron chi connectivity index (χ1n) is 13.2. The molecule has 0 aliphatic carbocycles. The van der Waals surface area contributed by atoms with Crippen LogP contribution in [0.15, 0.2) is 48.7 Å². The molecule has 0 aliphatic rings. The maximum absolute atomic E-state index is 12.6. The number of rotatable bonds is 13. The number of methoxy groups -OCH3 is 2. The predicted molar refractivity (Wildman–Crippen MR) is 150 cm³/mol. The Morgan fingerprint density at radius 1 is 1.03 bits per heavy atom. The van der Waals surface area contributed by atoms with Gasteiger partial charge in [-0.2, -0.15) is 0 Å². The summed E-state index contributed by atoms with van der Waals surface area (Å²) in [6, 6.07) is 12.2. The number of hydrogen-bond donors (Lipinski definition) is 1. The van der Waals surface area contributed by atoms with Crippen molar-refractivity contribution in [3.63, 3.8) is 0 Å². The lowest BCUT2D eigenvalue weighted by atomic mass is 10.1. The van der Waals surface area contributed by atoms with Crippen LogP contribution < -0.4 is 15.2 Å². The molecule has 0 bridgehead atoms. The van der Waals surface area contributed by atoms with Crippen LogP contribution in [0.5, 0.6) is 11.5 Å². The van der Waals surface area contributed by atoms with Gasteiger partial charge in [0.1, 0.15) is 6.04 Å². The van der Waals surface area contributed by atoms with E-state index in [-0.39, 0.29) is 45.3 Å². The zero-order chi connectivity index (χ0) is 28.6. The molecule has 9 nitrogen and oxygen atoms in total. The summed E-state index contributed by atoms with van der Waals surface area (Å²) in [5.74, 6) is -0.0213. The minimum Gasteiger partial charge on any atom is -0.493 e. The highest BCUT2D eigenvalue weighted by atomic mass is 32.1. The van der Waals surface area contributed by atoms with Gasteiger partial charge in [0.25, 0.3) is 0 Å². The SMILES string of the molecule is [2H]Cn1cc(C[C@H](N)C(=O)OCCCOC(=O)CCC(=O)c2cc3cc(OC)c(OC)cc3s2)c2ccccc21. The summed E-state index contributed by atoms with van der Waals surface area (Å²) < 4.78 is 31.4. The number of aryl methyl sites for hydroxylation is 1. The number of carbonyl (C=O) groups excluding carboxylic acids is 3. The third kappa shape index (κ3) is 6.76. The van der Waals surface area contributed by atoms with Gasteiger partial charge in [-0.3, -0.25) is 14.4 Å². The van der Waals surface area contributed by atoms with E-state index in [1.165, 1.54) is 11.3 Å². The lowest BCUT2D eigenvalue weighted by Crippen LogP contribution is -2.34. The second-order valence-electron chi connectivity index (χ2n) is 8.97. The fraction of sp³-hybridized carbons (Fsp3) is 0.345. The molecule has 0 radical (unpaired) electrons. The Labute approximate surface area is 231 Å². The number of carbonyl (C=O) groups is 3. The van der Waals surface area contributed by atoms with Crippen molar-refractivity contribution in [1.29, 1.82) is 0 Å². The molecule has 4 aromatic rings. The number of ether oxygens (including phenoxy) is 4. The number of thiophene rings is 1. The summed E-state index contributed by atoms with van der Waals surface area (Å²) in [5.41, 5.74) is 7.86. The maximum atomic E-state index is 12.6. The third-order valence-corrected chi connectivity index (χ3v) is 7.40. The van der Waals surface area contributed by atoms with E-state index >= 15 is 0 Å². The van der Waals surface area contributed by atoms with Gasteiger partial charge in [-0.25, -0.2) is 0 Å². The molecule has 0 saturated carbocycles. The summed E-state index contributed by atoms with van der Waals surface area (Å²) in [7, 11) is 3.18. The first kappa shape index (κ1) is 26.7. The predicted octanol–water partition coefficient (Wildman–Crippen LogP) is 4.42. The number of nitrogens with two attached hydrogens (primary N) is 1. The van der Waals surface area contributed by atoms with Gasteiger partial charge >= 0.3 is 11.9 Å². The third-order valence-electron chi connectivity index (χ3n) is 6.26. The normalized spacial score (nSPS) is 12.2. The number of nitrogens with zero attached hydrogens (tertiary/aromatic N) is 1. The van der Waals surface area contributed by atoms with E-state index in [0.717, 1.165) is 26.6 Å². The molecule has 0 amide bonds. The molecule has 2 N–H and O–H groups in total. The van der Waals surface area contributed by atoms with Crippen LogP contribution in [0, 0.1) is 0 Å². The lowest BCUT2D eigenvalue weighted by molar-refractivity contribution is -0.147. The zero-order valence-corrected chi connectivity index (χ0v) is 22.8. The number of ketones is 1. The quantitative estimate of drug-likeness (QED) is 0.147. The molecule has 39 heavy (non-hydrogen) atoms. The average molecular weight is 554 g/mol. The average Bonchev–Trinajstić information content (AvgIpc) is 3.55. The van der Waals surface area contributed by atoms with E-state index in [4.69, 9.17) is 26.1 Å². The zero-order valence-electron chi connectivity index (χ0n) is 22.9. The number of para-hydroxylation sites is 1. The molecule has 0 aliphatic heterocycles. The molecule has 2 aromatic carbocycles. The van der Waals surface area contributed by atoms with E-state index in [9.17, 15) is 14.4 Å². The van der Waals surface area contributed by atoms with Gasteiger partial charge in [0.15, 0.2) is 17.3 Å². The molecule has 0 spiro atoms. The van der Waals surface area contributed by atoms with Crippen molar-refractivity contribution in [3.8, 4) is 11.5 Å². The topological polar surface area (TPSA) is 119 Å². The van der Waals surface area contributed by atoms with Crippen LogP contribution in [0.25, 0.3) is 21.0 Å². The molecule has 4 rings (SSSR count). The highest BCUT2D eigenvalue weighted by Crippen LogP contribution is 2.36. The monoisotopic (exact) mass is 553 g/mol. The first-order chi connectivity index (χ1) is 19.3. The molecule has 206 valence electrons. The highest BCUT2D eigenvalue weighted by molar-refractivity contribution is 7.20. The molecule has 2 heterocycles. The summed E-state index contributed by atoms with van der Waals surface area (Å²) >= 11 is 1.33. The van der Waals surface area contributed by atoms with E-state index in [1.54, 1.807) is 24.9 Å². The van der Waals surface area contributed by atoms with Crippen molar-refractivity contribution < 1.29 is 34.7 Å². The number of fused-ring (bicyclic) bond motifs is 2. The summed E-state index contributed by atoms with van der Waals surface area (Å²) in [6.45, 7) is 0.122. The van der Waals surface area contributed by atoms with E-state index in [0.29, 0.717) is 22.8 Å². The van der Waals surface area contributed by atoms with Gasteiger partial charge < -0.3 is 29.2 Å². The number of hydrogen-bond acceptors (Lipinski definition) is 9. The molecular formula is C29H32N2O7S. The summed E-state index contributed by atoms with van der Waals surface area (Å²) in [5, 5.41) is 1.82. The van der Waals surface area contributed by atoms with Gasteiger partial charge in [-0.05, 0) is 29.1 Å². The fourth-order valence-corrected chi connectivity index (χ4v) is 5.29. The first-order valence-corrected chi connectivity index (χ1v) is 13.3. The minimum atomic E-state index is -0.852. The molecule has 0 fully saturated rings. The van der Waals surface area contributed by atoms with Crippen LogP contribution >= 0.6 is 11.3 Å². The maximum Gasteiger partial charge on any atom is 0.323 e. The van der Waals surface area contributed by atoms with Crippen molar-refractivity contribution in [2.24, 2.45) is 12.8 Å². The number of aromatic nitrogens is 1. The van der Waals surface area contributed by atoms with Gasteiger partial charge in [0.05, 0.1) is 38.7 Å². The fourth-order valence-electron chi connectivity index (χ4n) is 4.25. The Kier molecular flexibility index (Phi) is 8.75. The Bertz CT molecular complexity index is 1470. The van der Waals surface area contributed by atoms with Gasteiger partial charge in [0, 0.05) is 55.5 Å². The van der Waals surface area contributed by atoms with Crippen LogP contribution in [-0.2, 0) is 32.5 Å². The Morgan fingerprint density at radius 2 is 1.77 bits per heavy atom. The molecule has 1 atom stereocenters. The number of Topliss-reactive ketones (excluding diaryl/α,β-unsaturated/α-hetero) is 1. The van der Waals surface area contributed by atoms with E-state index in [1.807, 2.05) is 42.6 Å². The van der Waals surface area contributed by atoms with E-state index in [2.05, 4.69) is 0 Å². The highest BCUT2D eigenvalue weighted by Gasteiger charge is 2.19. The van der Waals surface area contributed by atoms with Crippen LogP contribution in [-0.4, -0.2) is 55.8 Å². The standard InChI is InChI=1S/C29H32N2O7S/c1-31-17-19(20-7-4-5-8-22(20)31)13-21(30)29(34)38-12-6-11-37-28(33)10-9-23(32)27-15-18-14-24(35-2)25(36-3)16-26(18)39-27/h4-5,7-8,14-17,21H,6,9-13,30H2,1-3H3/t21-/m0/s1/i1D. The number of benzene rings is 2. The van der Waals surface area contributed by atoms with Crippen molar-refractivity contribution >= 4 is 50.0 Å². The minimum absolute atomic E-state index is 0.0282.